The van der Waals surface area contributed by atoms with Gasteiger partial charge < -0.3 is 9.47 Å². The van der Waals surface area contributed by atoms with Gasteiger partial charge >= 0.3 is 0 Å². The molecular formula is C22H36O2. The molecule has 1 aromatic carbocycles. The van der Waals surface area contributed by atoms with E-state index >= 15 is 0 Å². The molecular weight excluding hydrogens is 296 g/mol. The topological polar surface area (TPSA) is 18.5 Å². The van der Waals surface area contributed by atoms with E-state index in [0.717, 1.165) is 26.1 Å². The van der Waals surface area contributed by atoms with Crippen LogP contribution in [0.5, 0.6) is 0 Å². The van der Waals surface area contributed by atoms with Gasteiger partial charge in [-0.25, -0.2) is 0 Å². The quantitative estimate of drug-likeness (QED) is 0.396. The molecule has 0 saturated carbocycles. The number of ether oxygens (including phenoxy) is 2. The average molecular weight is 333 g/mol. The van der Waals surface area contributed by atoms with E-state index in [-0.39, 0.29) is 5.79 Å². The van der Waals surface area contributed by atoms with Crippen LogP contribution in [0.1, 0.15) is 83.1 Å². The van der Waals surface area contributed by atoms with Crippen molar-refractivity contribution in [2.75, 3.05) is 13.2 Å². The number of unbranched alkanes of at least 4 members (excludes halogenated alkanes) is 9. The van der Waals surface area contributed by atoms with Crippen LogP contribution in [-0.4, -0.2) is 19.0 Å². The summed E-state index contributed by atoms with van der Waals surface area (Å²) in [6.07, 6.45) is 15.6. The van der Waals surface area contributed by atoms with Crippen molar-refractivity contribution in [1.82, 2.24) is 0 Å². The van der Waals surface area contributed by atoms with E-state index in [1.165, 1.54) is 69.8 Å². The molecule has 0 radical (unpaired) electrons. The van der Waals surface area contributed by atoms with Crippen LogP contribution < -0.4 is 0 Å². The largest absolute Gasteiger partial charge is 0.347 e. The van der Waals surface area contributed by atoms with Crippen molar-refractivity contribution in [1.29, 1.82) is 0 Å². The molecule has 0 spiro atoms. The molecule has 2 nitrogen and oxygen atoms in total. The molecule has 0 atom stereocenters. The third-order valence-corrected chi connectivity index (χ3v) is 5.04. The zero-order valence-corrected chi connectivity index (χ0v) is 15.6. The summed E-state index contributed by atoms with van der Waals surface area (Å²) in [4.78, 5) is 0. The lowest BCUT2D eigenvalue weighted by Gasteiger charge is -2.27. The molecule has 0 aromatic heterocycles. The van der Waals surface area contributed by atoms with Crippen LogP contribution in [0.3, 0.4) is 0 Å². The van der Waals surface area contributed by atoms with Gasteiger partial charge in [0.05, 0.1) is 13.2 Å². The molecule has 1 saturated heterocycles. The zero-order chi connectivity index (χ0) is 16.9. The van der Waals surface area contributed by atoms with Crippen LogP contribution >= 0.6 is 0 Å². The SMILES string of the molecule is CCCCCCCCCCCCC1(Cc2ccccc2)OCCO1. The first kappa shape index (κ1) is 19.5. The van der Waals surface area contributed by atoms with Crippen molar-refractivity contribution < 1.29 is 9.47 Å². The lowest BCUT2D eigenvalue weighted by Crippen LogP contribution is -2.32. The molecule has 136 valence electrons. The van der Waals surface area contributed by atoms with E-state index < -0.39 is 0 Å². The van der Waals surface area contributed by atoms with Gasteiger partial charge in [0.25, 0.3) is 0 Å². The first-order valence-corrected chi connectivity index (χ1v) is 10.2. The molecule has 1 aliphatic rings. The van der Waals surface area contributed by atoms with Crippen LogP contribution in [-0.2, 0) is 15.9 Å². The predicted molar refractivity (Wildman–Crippen MR) is 101 cm³/mol. The summed E-state index contributed by atoms with van der Waals surface area (Å²) in [7, 11) is 0. The Morgan fingerprint density at radius 1 is 0.750 bits per heavy atom. The predicted octanol–water partition coefficient (Wildman–Crippen LogP) is 6.28. The van der Waals surface area contributed by atoms with Crippen LogP contribution in [0.15, 0.2) is 30.3 Å². The lowest BCUT2D eigenvalue weighted by atomic mass is 9.98. The molecule has 0 amide bonds. The van der Waals surface area contributed by atoms with Gasteiger partial charge in [-0.2, -0.15) is 0 Å². The molecule has 2 heteroatoms. The summed E-state index contributed by atoms with van der Waals surface area (Å²) in [5.74, 6) is -0.360. The Kier molecular flexibility index (Phi) is 9.45. The van der Waals surface area contributed by atoms with E-state index in [0.29, 0.717) is 0 Å². The fourth-order valence-corrected chi connectivity index (χ4v) is 3.62. The summed E-state index contributed by atoms with van der Waals surface area (Å²) < 4.78 is 12.0. The number of rotatable bonds is 13. The lowest BCUT2D eigenvalue weighted by molar-refractivity contribution is -0.161. The molecule has 0 aliphatic carbocycles. The molecule has 1 aromatic rings. The monoisotopic (exact) mass is 332 g/mol. The Hall–Kier alpha value is -0.860. The van der Waals surface area contributed by atoms with Gasteiger partial charge in [0.15, 0.2) is 5.79 Å². The summed E-state index contributed by atoms with van der Waals surface area (Å²) in [6, 6.07) is 10.6. The Balaban J connectivity index is 1.57. The molecule has 0 unspecified atom stereocenters. The van der Waals surface area contributed by atoms with Gasteiger partial charge in [0.1, 0.15) is 0 Å². The number of hydrogen-bond acceptors (Lipinski definition) is 2. The van der Waals surface area contributed by atoms with Gasteiger partial charge in [-0.05, 0) is 12.0 Å². The van der Waals surface area contributed by atoms with Crippen LogP contribution in [0.25, 0.3) is 0 Å². The van der Waals surface area contributed by atoms with Crippen molar-refractivity contribution in [2.45, 2.75) is 89.8 Å². The Bertz CT molecular complexity index is 409. The summed E-state index contributed by atoms with van der Waals surface area (Å²) in [6.45, 7) is 3.76. The van der Waals surface area contributed by atoms with Crippen molar-refractivity contribution in [3.8, 4) is 0 Å². The van der Waals surface area contributed by atoms with Crippen LogP contribution in [0.2, 0.25) is 0 Å². The average Bonchev–Trinajstić information content (AvgIpc) is 3.06. The normalized spacial score (nSPS) is 16.5. The minimum absolute atomic E-state index is 0.360. The highest BCUT2D eigenvalue weighted by Gasteiger charge is 2.35. The van der Waals surface area contributed by atoms with Gasteiger partial charge in [-0.15, -0.1) is 0 Å². The minimum Gasteiger partial charge on any atom is -0.347 e. The zero-order valence-electron chi connectivity index (χ0n) is 15.6. The van der Waals surface area contributed by atoms with E-state index in [4.69, 9.17) is 9.47 Å². The molecule has 0 bridgehead atoms. The molecule has 1 aliphatic heterocycles. The van der Waals surface area contributed by atoms with E-state index in [9.17, 15) is 0 Å². The Labute approximate surface area is 148 Å². The fourth-order valence-electron chi connectivity index (χ4n) is 3.62. The summed E-state index contributed by atoms with van der Waals surface area (Å²) >= 11 is 0. The van der Waals surface area contributed by atoms with E-state index in [2.05, 4.69) is 37.3 Å². The molecule has 1 heterocycles. The summed E-state index contributed by atoms with van der Waals surface area (Å²) in [5, 5.41) is 0. The van der Waals surface area contributed by atoms with E-state index in [1.54, 1.807) is 0 Å². The standard InChI is InChI=1S/C22H36O2/c1-2-3-4-5-6-7-8-9-10-14-17-22(23-18-19-24-22)20-21-15-12-11-13-16-21/h11-13,15-16H,2-10,14,17-20H2,1H3. The Morgan fingerprint density at radius 3 is 1.88 bits per heavy atom. The second kappa shape index (κ2) is 11.7. The summed E-state index contributed by atoms with van der Waals surface area (Å²) in [5.41, 5.74) is 1.31. The second-order valence-corrected chi connectivity index (χ2v) is 7.20. The number of benzene rings is 1. The third kappa shape index (κ3) is 7.36. The maximum Gasteiger partial charge on any atom is 0.172 e. The molecule has 2 rings (SSSR count). The van der Waals surface area contributed by atoms with Gasteiger partial charge in [-0.3, -0.25) is 0 Å². The van der Waals surface area contributed by atoms with Crippen molar-refractivity contribution in [3.63, 3.8) is 0 Å². The first-order chi connectivity index (χ1) is 11.8. The molecule has 24 heavy (non-hydrogen) atoms. The first-order valence-electron chi connectivity index (χ1n) is 10.2. The van der Waals surface area contributed by atoms with E-state index in [1.807, 2.05) is 0 Å². The van der Waals surface area contributed by atoms with Gasteiger partial charge in [0, 0.05) is 12.8 Å². The van der Waals surface area contributed by atoms with Gasteiger partial charge in [0.2, 0.25) is 0 Å². The fraction of sp³-hybridized carbons (Fsp3) is 0.727. The van der Waals surface area contributed by atoms with Crippen molar-refractivity contribution >= 4 is 0 Å². The van der Waals surface area contributed by atoms with Gasteiger partial charge in [-0.1, -0.05) is 95.0 Å². The maximum absolute atomic E-state index is 6.00. The van der Waals surface area contributed by atoms with Crippen LogP contribution in [0.4, 0.5) is 0 Å². The van der Waals surface area contributed by atoms with Crippen molar-refractivity contribution in [2.24, 2.45) is 0 Å². The second-order valence-electron chi connectivity index (χ2n) is 7.20. The highest BCUT2D eigenvalue weighted by molar-refractivity contribution is 5.16. The van der Waals surface area contributed by atoms with Crippen molar-refractivity contribution in [3.05, 3.63) is 35.9 Å². The third-order valence-electron chi connectivity index (χ3n) is 5.04. The highest BCUT2D eigenvalue weighted by Crippen LogP contribution is 2.30. The van der Waals surface area contributed by atoms with Crippen LogP contribution in [0, 0.1) is 0 Å². The number of hydrogen-bond donors (Lipinski definition) is 0. The smallest absolute Gasteiger partial charge is 0.172 e. The molecule has 0 N–H and O–H groups in total. The minimum atomic E-state index is -0.360. The molecule has 1 fully saturated rings. The highest BCUT2D eigenvalue weighted by atomic mass is 16.7. The Morgan fingerprint density at radius 2 is 1.29 bits per heavy atom. The maximum atomic E-state index is 6.00.